The number of unbranched alkanes of at least 4 members (excludes halogenated alkanes) is 1. The van der Waals surface area contributed by atoms with Gasteiger partial charge in [0.25, 0.3) is 0 Å². The lowest BCUT2D eigenvalue weighted by Crippen LogP contribution is -2.48. The standard InChI is InChI=1S/C20H26N2O2S.ClH/c1-2-3-7-18-10-12-20(13-11-18)25(23,24)22-16-14-21(15-17-22)19-8-5-4-6-9-19;/h4-6,8-13H,2-3,7,14-17H2,1H3;1H. The Morgan fingerprint density at radius 2 is 1.50 bits per heavy atom. The maximum Gasteiger partial charge on any atom is 0.243 e. The molecule has 26 heavy (non-hydrogen) atoms. The summed E-state index contributed by atoms with van der Waals surface area (Å²) >= 11 is 0. The number of sulfonamides is 1. The molecule has 0 N–H and O–H groups in total. The van der Waals surface area contributed by atoms with Gasteiger partial charge < -0.3 is 4.90 Å². The first-order valence-corrected chi connectivity index (χ1v) is 10.4. The van der Waals surface area contributed by atoms with E-state index in [1.54, 1.807) is 16.4 Å². The first kappa shape index (κ1) is 20.7. The third kappa shape index (κ3) is 4.78. The largest absolute Gasteiger partial charge is 0.369 e. The summed E-state index contributed by atoms with van der Waals surface area (Å²) in [5, 5.41) is 0. The molecule has 0 aliphatic carbocycles. The number of rotatable bonds is 6. The van der Waals surface area contributed by atoms with E-state index in [2.05, 4.69) is 24.0 Å². The van der Waals surface area contributed by atoms with Crippen LogP contribution in [0, 0.1) is 0 Å². The van der Waals surface area contributed by atoms with E-state index in [9.17, 15) is 8.42 Å². The first-order valence-electron chi connectivity index (χ1n) is 9.00. The fourth-order valence-electron chi connectivity index (χ4n) is 3.18. The van der Waals surface area contributed by atoms with Gasteiger partial charge in [-0.05, 0) is 42.7 Å². The number of para-hydroxylation sites is 1. The Bertz CT molecular complexity index is 771. The van der Waals surface area contributed by atoms with Crippen LogP contribution >= 0.6 is 12.4 Å². The number of aryl methyl sites for hydroxylation is 1. The minimum Gasteiger partial charge on any atom is -0.369 e. The second-order valence-corrected chi connectivity index (χ2v) is 8.41. The van der Waals surface area contributed by atoms with Crippen LogP contribution in [0.25, 0.3) is 0 Å². The van der Waals surface area contributed by atoms with Crippen molar-refractivity contribution in [3.8, 4) is 0 Å². The molecule has 1 fully saturated rings. The summed E-state index contributed by atoms with van der Waals surface area (Å²) < 4.78 is 27.3. The fraction of sp³-hybridized carbons (Fsp3) is 0.400. The topological polar surface area (TPSA) is 40.6 Å². The Hall–Kier alpha value is -1.56. The molecule has 0 aromatic heterocycles. The summed E-state index contributed by atoms with van der Waals surface area (Å²) in [5.41, 5.74) is 2.36. The lowest BCUT2D eigenvalue weighted by atomic mass is 10.1. The van der Waals surface area contributed by atoms with Crippen LogP contribution in [0.15, 0.2) is 59.5 Å². The lowest BCUT2D eigenvalue weighted by Gasteiger charge is -2.35. The van der Waals surface area contributed by atoms with Crippen molar-refractivity contribution >= 4 is 28.1 Å². The molecular weight excluding hydrogens is 368 g/mol. The van der Waals surface area contributed by atoms with Crippen LogP contribution in [0.1, 0.15) is 25.3 Å². The number of nitrogens with zero attached hydrogens (tertiary/aromatic N) is 2. The molecule has 0 radical (unpaired) electrons. The third-order valence-corrected chi connectivity index (χ3v) is 6.65. The van der Waals surface area contributed by atoms with Gasteiger partial charge in [0.1, 0.15) is 0 Å². The molecule has 0 bridgehead atoms. The molecule has 3 rings (SSSR count). The van der Waals surface area contributed by atoms with Gasteiger partial charge in [0.05, 0.1) is 4.90 Å². The molecule has 1 aliphatic heterocycles. The molecule has 1 aliphatic rings. The predicted octanol–water partition coefficient (Wildman–Crippen LogP) is 3.96. The number of benzene rings is 2. The van der Waals surface area contributed by atoms with E-state index in [1.807, 2.05) is 30.3 Å². The van der Waals surface area contributed by atoms with Gasteiger partial charge in [0, 0.05) is 31.9 Å². The molecule has 0 saturated carbocycles. The van der Waals surface area contributed by atoms with E-state index >= 15 is 0 Å². The second kappa shape index (κ2) is 9.40. The monoisotopic (exact) mass is 394 g/mol. The molecule has 1 saturated heterocycles. The van der Waals surface area contributed by atoms with Crippen molar-refractivity contribution < 1.29 is 8.42 Å². The Labute approximate surface area is 163 Å². The maximum atomic E-state index is 12.9. The Morgan fingerprint density at radius 3 is 2.08 bits per heavy atom. The van der Waals surface area contributed by atoms with E-state index in [0.29, 0.717) is 18.0 Å². The minimum atomic E-state index is -3.40. The molecule has 142 valence electrons. The fourth-order valence-corrected chi connectivity index (χ4v) is 4.61. The molecule has 2 aromatic rings. The van der Waals surface area contributed by atoms with E-state index < -0.39 is 10.0 Å². The normalized spacial score (nSPS) is 15.5. The highest BCUT2D eigenvalue weighted by Crippen LogP contribution is 2.21. The van der Waals surface area contributed by atoms with Crippen LogP contribution < -0.4 is 4.90 Å². The molecule has 0 spiro atoms. The van der Waals surface area contributed by atoms with Crippen LogP contribution in [0.3, 0.4) is 0 Å². The average molecular weight is 395 g/mol. The Kier molecular flexibility index (Phi) is 7.50. The molecule has 2 aromatic carbocycles. The summed E-state index contributed by atoms with van der Waals surface area (Å²) in [6, 6.07) is 17.6. The number of hydrogen-bond donors (Lipinski definition) is 0. The van der Waals surface area contributed by atoms with Crippen LogP contribution in [0.4, 0.5) is 5.69 Å². The average Bonchev–Trinajstić information content (AvgIpc) is 2.67. The SMILES string of the molecule is CCCCc1ccc(S(=O)(=O)N2CCN(c3ccccc3)CC2)cc1.Cl. The zero-order chi connectivity index (χ0) is 17.7. The molecule has 6 heteroatoms. The van der Waals surface area contributed by atoms with Crippen LogP contribution in [-0.4, -0.2) is 38.9 Å². The molecule has 0 amide bonds. The number of hydrogen-bond acceptors (Lipinski definition) is 3. The predicted molar refractivity (Wildman–Crippen MR) is 110 cm³/mol. The van der Waals surface area contributed by atoms with Crippen molar-refractivity contribution in [2.24, 2.45) is 0 Å². The Balaban J connectivity index is 0.00000243. The van der Waals surface area contributed by atoms with E-state index in [-0.39, 0.29) is 12.4 Å². The second-order valence-electron chi connectivity index (χ2n) is 6.47. The van der Waals surface area contributed by atoms with Gasteiger partial charge in [-0.15, -0.1) is 12.4 Å². The first-order chi connectivity index (χ1) is 12.1. The lowest BCUT2D eigenvalue weighted by molar-refractivity contribution is 0.385. The third-order valence-electron chi connectivity index (χ3n) is 4.74. The van der Waals surface area contributed by atoms with Crippen molar-refractivity contribution in [2.75, 3.05) is 31.1 Å². The van der Waals surface area contributed by atoms with Crippen LogP contribution in [0.5, 0.6) is 0 Å². The summed E-state index contributed by atoms with van der Waals surface area (Å²) in [6.45, 7) is 4.65. The number of halogens is 1. The number of anilines is 1. The molecule has 1 heterocycles. The van der Waals surface area contributed by atoms with Crippen LogP contribution in [-0.2, 0) is 16.4 Å². The molecule has 0 atom stereocenters. The molecule has 0 unspecified atom stereocenters. The van der Waals surface area contributed by atoms with E-state index in [0.717, 1.165) is 38.0 Å². The summed E-state index contributed by atoms with van der Waals surface area (Å²) in [7, 11) is -3.40. The van der Waals surface area contributed by atoms with Crippen LogP contribution in [0.2, 0.25) is 0 Å². The van der Waals surface area contributed by atoms with Crippen molar-refractivity contribution in [3.63, 3.8) is 0 Å². The van der Waals surface area contributed by atoms with Crippen molar-refractivity contribution in [1.82, 2.24) is 4.31 Å². The summed E-state index contributed by atoms with van der Waals surface area (Å²) in [6.07, 6.45) is 3.28. The zero-order valence-electron chi connectivity index (χ0n) is 15.2. The number of piperazine rings is 1. The van der Waals surface area contributed by atoms with E-state index in [4.69, 9.17) is 0 Å². The van der Waals surface area contributed by atoms with Gasteiger partial charge in [-0.1, -0.05) is 43.7 Å². The highest BCUT2D eigenvalue weighted by atomic mass is 35.5. The van der Waals surface area contributed by atoms with Crippen molar-refractivity contribution in [3.05, 3.63) is 60.2 Å². The van der Waals surface area contributed by atoms with Gasteiger partial charge in [0.15, 0.2) is 0 Å². The van der Waals surface area contributed by atoms with Crippen molar-refractivity contribution in [2.45, 2.75) is 31.1 Å². The minimum absolute atomic E-state index is 0. The summed E-state index contributed by atoms with van der Waals surface area (Å²) in [4.78, 5) is 2.64. The van der Waals surface area contributed by atoms with Gasteiger partial charge in [0.2, 0.25) is 10.0 Å². The van der Waals surface area contributed by atoms with Gasteiger partial charge in [-0.3, -0.25) is 0 Å². The van der Waals surface area contributed by atoms with E-state index in [1.165, 1.54) is 5.56 Å². The zero-order valence-corrected chi connectivity index (χ0v) is 16.8. The van der Waals surface area contributed by atoms with Crippen molar-refractivity contribution in [1.29, 1.82) is 0 Å². The van der Waals surface area contributed by atoms with Gasteiger partial charge in [-0.2, -0.15) is 4.31 Å². The smallest absolute Gasteiger partial charge is 0.243 e. The van der Waals surface area contributed by atoms with Gasteiger partial charge >= 0.3 is 0 Å². The Morgan fingerprint density at radius 1 is 0.885 bits per heavy atom. The molecule has 4 nitrogen and oxygen atoms in total. The molecular formula is C20H27ClN2O2S. The summed E-state index contributed by atoms with van der Waals surface area (Å²) in [5.74, 6) is 0. The highest BCUT2D eigenvalue weighted by molar-refractivity contribution is 7.89. The maximum absolute atomic E-state index is 12.9. The highest BCUT2D eigenvalue weighted by Gasteiger charge is 2.28. The van der Waals surface area contributed by atoms with Gasteiger partial charge in [-0.25, -0.2) is 8.42 Å². The quantitative estimate of drug-likeness (QED) is 0.744.